The molecule has 0 heterocycles. The average Bonchev–Trinajstić information content (AvgIpc) is 2.38. The first-order chi connectivity index (χ1) is 8.39. The van der Waals surface area contributed by atoms with Crippen molar-refractivity contribution < 1.29 is 9.53 Å². The van der Waals surface area contributed by atoms with Gasteiger partial charge in [0.15, 0.2) is 0 Å². The number of esters is 1. The largest absolute Gasteiger partial charge is 0.457 e. The highest BCUT2D eigenvalue weighted by Crippen LogP contribution is 2.32. The molecule has 0 N–H and O–H groups in total. The Hall–Kier alpha value is -1.31. The molecule has 2 heteroatoms. The summed E-state index contributed by atoms with van der Waals surface area (Å²) in [7, 11) is 0. The van der Waals surface area contributed by atoms with Crippen molar-refractivity contribution >= 4 is 5.97 Å². The van der Waals surface area contributed by atoms with Gasteiger partial charge >= 0.3 is 5.97 Å². The van der Waals surface area contributed by atoms with Gasteiger partial charge in [0.05, 0.1) is 5.41 Å². The third-order valence-electron chi connectivity index (χ3n) is 3.92. The first-order valence-corrected chi connectivity index (χ1v) is 6.65. The monoisotopic (exact) mass is 248 g/mol. The summed E-state index contributed by atoms with van der Waals surface area (Å²) in [5.74, 6) is 0.196. The predicted octanol–water partition coefficient (Wildman–Crippen LogP) is 4.36. The molecule has 1 rings (SSSR count). The highest BCUT2D eigenvalue weighted by Gasteiger charge is 2.35. The molecule has 0 fully saturated rings. The third kappa shape index (κ3) is 3.34. The van der Waals surface area contributed by atoms with E-state index < -0.39 is 5.41 Å². The van der Waals surface area contributed by atoms with Crippen molar-refractivity contribution in [2.45, 2.75) is 47.1 Å². The Morgan fingerprint density at radius 3 is 2.28 bits per heavy atom. The number of ether oxygens (including phenoxy) is 1. The number of rotatable bonds is 5. The molecule has 0 aromatic heterocycles. The maximum absolute atomic E-state index is 12.2. The number of hydrogen-bond donors (Lipinski definition) is 0. The molecule has 0 aliphatic rings. The molecule has 2 atom stereocenters. The molecule has 2 nitrogen and oxygen atoms in total. The number of benzene rings is 1. The molecule has 0 amide bonds. The van der Waals surface area contributed by atoms with Crippen LogP contribution in [0.5, 0.6) is 0 Å². The van der Waals surface area contributed by atoms with Crippen LogP contribution in [0.15, 0.2) is 30.3 Å². The van der Waals surface area contributed by atoms with Crippen LogP contribution in [0.2, 0.25) is 0 Å². The standard InChI is InChI=1S/C16H24O2/c1-6-12(2)16(4,5)15(17)18-13(3)14-10-8-7-9-11-14/h7-13H,6H2,1-5H3. The Bertz CT molecular complexity index is 381. The molecule has 0 saturated heterocycles. The summed E-state index contributed by atoms with van der Waals surface area (Å²) in [6.07, 6.45) is 0.781. The van der Waals surface area contributed by atoms with Crippen LogP contribution in [-0.4, -0.2) is 5.97 Å². The van der Waals surface area contributed by atoms with Gasteiger partial charge in [-0.15, -0.1) is 0 Å². The second-order valence-corrected chi connectivity index (χ2v) is 5.49. The van der Waals surface area contributed by atoms with Crippen molar-refractivity contribution in [2.24, 2.45) is 11.3 Å². The predicted molar refractivity (Wildman–Crippen MR) is 74.2 cm³/mol. The molecule has 0 spiro atoms. The Morgan fingerprint density at radius 2 is 1.78 bits per heavy atom. The SMILES string of the molecule is CCC(C)C(C)(C)C(=O)OC(C)c1ccccc1. The van der Waals surface area contributed by atoms with Crippen LogP contribution >= 0.6 is 0 Å². The summed E-state index contributed by atoms with van der Waals surface area (Å²) in [5.41, 5.74) is 0.600. The lowest BCUT2D eigenvalue weighted by molar-refractivity contribution is -0.162. The Balaban J connectivity index is 2.71. The number of carbonyl (C=O) groups excluding carboxylic acids is 1. The Kier molecular flexibility index (Phi) is 4.94. The molecule has 100 valence electrons. The van der Waals surface area contributed by atoms with Gasteiger partial charge in [0, 0.05) is 0 Å². The van der Waals surface area contributed by atoms with E-state index in [0.29, 0.717) is 5.92 Å². The van der Waals surface area contributed by atoms with Crippen LogP contribution in [0.25, 0.3) is 0 Å². The maximum Gasteiger partial charge on any atom is 0.312 e. The topological polar surface area (TPSA) is 26.3 Å². The van der Waals surface area contributed by atoms with Crippen molar-refractivity contribution in [3.63, 3.8) is 0 Å². The van der Waals surface area contributed by atoms with Gasteiger partial charge in [-0.2, -0.15) is 0 Å². The van der Waals surface area contributed by atoms with Gasteiger partial charge < -0.3 is 4.74 Å². The quantitative estimate of drug-likeness (QED) is 0.723. The first-order valence-electron chi connectivity index (χ1n) is 6.65. The van der Waals surface area contributed by atoms with Crippen LogP contribution in [0, 0.1) is 11.3 Å². The smallest absolute Gasteiger partial charge is 0.312 e. The summed E-state index contributed by atoms with van der Waals surface area (Å²) in [6, 6.07) is 9.84. The minimum Gasteiger partial charge on any atom is -0.457 e. The lowest BCUT2D eigenvalue weighted by Gasteiger charge is -2.30. The van der Waals surface area contributed by atoms with Crippen LogP contribution < -0.4 is 0 Å². The van der Waals surface area contributed by atoms with Crippen molar-refractivity contribution in [3.8, 4) is 0 Å². The first kappa shape index (κ1) is 14.7. The molecule has 1 aromatic carbocycles. The van der Waals surface area contributed by atoms with Crippen LogP contribution in [-0.2, 0) is 9.53 Å². The zero-order valence-electron chi connectivity index (χ0n) is 12.1. The Morgan fingerprint density at radius 1 is 1.22 bits per heavy atom. The zero-order valence-corrected chi connectivity index (χ0v) is 12.1. The third-order valence-corrected chi connectivity index (χ3v) is 3.92. The molecule has 0 aliphatic carbocycles. The van der Waals surface area contributed by atoms with Crippen LogP contribution in [0.4, 0.5) is 0 Å². The van der Waals surface area contributed by atoms with Gasteiger partial charge in [0.2, 0.25) is 0 Å². The van der Waals surface area contributed by atoms with Gasteiger partial charge in [-0.3, -0.25) is 4.79 Å². The lowest BCUT2D eigenvalue weighted by atomic mass is 9.78. The van der Waals surface area contributed by atoms with Gasteiger partial charge in [-0.1, -0.05) is 50.6 Å². The molecular formula is C16H24O2. The molecular weight excluding hydrogens is 224 g/mol. The van der Waals surface area contributed by atoms with Crippen molar-refractivity contribution in [1.82, 2.24) is 0 Å². The maximum atomic E-state index is 12.2. The van der Waals surface area contributed by atoms with E-state index in [2.05, 4.69) is 13.8 Å². The molecule has 1 aromatic rings. The second kappa shape index (κ2) is 6.03. The van der Waals surface area contributed by atoms with E-state index in [1.807, 2.05) is 51.1 Å². The summed E-state index contributed by atoms with van der Waals surface area (Å²) in [4.78, 5) is 12.2. The van der Waals surface area contributed by atoms with Crippen molar-refractivity contribution in [2.75, 3.05) is 0 Å². The van der Waals surface area contributed by atoms with Crippen LogP contribution in [0.3, 0.4) is 0 Å². The van der Waals surface area contributed by atoms with Gasteiger partial charge in [0.1, 0.15) is 6.10 Å². The minimum atomic E-state index is -0.433. The second-order valence-electron chi connectivity index (χ2n) is 5.49. The normalized spacial score (nSPS) is 14.9. The lowest BCUT2D eigenvalue weighted by Crippen LogP contribution is -2.33. The van der Waals surface area contributed by atoms with Gasteiger partial charge in [-0.25, -0.2) is 0 Å². The van der Waals surface area contributed by atoms with E-state index in [4.69, 9.17) is 4.74 Å². The fourth-order valence-electron chi connectivity index (χ4n) is 1.82. The van der Waals surface area contributed by atoms with E-state index in [0.717, 1.165) is 12.0 Å². The minimum absolute atomic E-state index is 0.117. The highest BCUT2D eigenvalue weighted by atomic mass is 16.5. The number of hydrogen-bond acceptors (Lipinski definition) is 2. The van der Waals surface area contributed by atoms with Gasteiger partial charge in [-0.05, 0) is 32.3 Å². The van der Waals surface area contributed by atoms with Gasteiger partial charge in [0.25, 0.3) is 0 Å². The Labute approximate surface area is 110 Å². The van der Waals surface area contributed by atoms with E-state index in [1.54, 1.807) is 0 Å². The summed E-state index contributed by atoms with van der Waals surface area (Å²) in [5, 5.41) is 0. The average molecular weight is 248 g/mol. The van der Waals surface area contributed by atoms with Crippen molar-refractivity contribution in [3.05, 3.63) is 35.9 Å². The fraction of sp³-hybridized carbons (Fsp3) is 0.562. The van der Waals surface area contributed by atoms with Crippen LogP contribution in [0.1, 0.15) is 52.7 Å². The summed E-state index contributed by atoms with van der Waals surface area (Å²) < 4.78 is 5.59. The molecule has 0 radical (unpaired) electrons. The molecule has 0 aliphatic heterocycles. The van der Waals surface area contributed by atoms with E-state index in [-0.39, 0.29) is 12.1 Å². The van der Waals surface area contributed by atoms with E-state index in [9.17, 15) is 4.79 Å². The summed E-state index contributed by atoms with van der Waals surface area (Å²) >= 11 is 0. The van der Waals surface area contributed by atoms with E-state index >= 15 is 0 Å². The zero-order chi connectivity index (χ0) is 13.8. The molecule has 18 heavy (non-hydrogen) atoms. The molecule has 0 bridgehead atoms. The van der Waals surface area contributed by atoms with E-state index in [1.165, 1.54) is 0 Å². The molecule has 0 saturated carbocycles. The molecule has 2 unspecified atom stereocenters. The van der Waals surface area contributed by atoms with Crippen molar-refractivity contribution in [1.29, 1.82) is 0 Å². The summed E-state index contributed by atoms with van der Waals surface area (Å²) in [6.45, 7) is 10.0. The number of carbonyl (C=O) groups is 1. The fourth-order valence-corrected chi connectivity index (χ4v) is 1.82. The highest BCUT2D eigenvalue weighted by molar-refractivity contribution is 5.76.